The van der Waals surface area contributed by atoms with Crippen LogP contribution in [0.5, 0.6) is 0 Å². The number of ether oxygens (including phenoxy) is 3. The van der Waals surface area contributed by atoms with Gasteiger partial charge in [-0.25, -0.2) is 4.79 Å². The van der Waals surface area contributed by atoms with Crippen LogP contribution in [0.3, 0.4) is 0 Å². The number of carboxylic acid groups (broad SMARTS) is 1. The monoisotopic (exact) mass is 346 g/mol. The summed E-state index contributed by atoms with van der Waals surface area (Å²) in [7, 11) is 0. The Labute approximate surface area is 145 Å². The summed E-state index contributed by atoms with van der Waals surface area (Å²) < 4.78 is 16.1. The van der Waals surface area contributed by atoms with Gasteiger partial charge in [-0.1, -0.05) is 20.8 Å². The van der Waals surface area contributed by atoms with Gasteiger partial charge in [0.05, 0.1) is 39.6 Å². The van der Waals surface area contributed by atoms with E-state index in [9.17, 15) is 9.90 Å². The molecule has 0 aromatic heterocycles. The molecule has 0 bridgehead atoms. The smallest absolute Gasteiger partial charge is 0.333 e. The minimum Gasteiger partial charge on any atom is -0.479 e. The van der Waals surface area contributed by atoms with Gasteiger partial charge in [0, 0.05) is 5.41 Å². The molecule has 0 spiro atoms. The van der Waals surface area contributed by atoms with E-state index in [0.717, 1.165) is 25.7 Å². The standard InChI is InChI=1S/C18H34O6/c1-14(2)15-4-6-18(3,7-5-15)16(17(20)21)24-13-12-23-11-10-22-9-8-19/h14-16,19H,4-13H2,1-3H3,(H,20,21). The van der Waals surface area contributed by atoms with Gasteiger partial charge in [-0.15, -0.1) is 0 Å². The molecule has 1 unspecified atom stereocenters. The number of carbonyl (C=O) groups is 1. The van der Waals surface area contributed by atoms with Crippen molar-refractivity contribution in [2.75, 3.05) is 39.6 Å². The maximum absolute atomic E-state index is 11.6. The van der Waals surface area contributed by atoms with Crippen LogP contribution in [0, 0.1) is 17.3 Å². The van der Waals surface area contributed by atoms with Gasteiger partial charge in [0.2, 0.25) is 0 Å². The van der Waals surface area contributed by atoms with Gasteiger partial charge in [-0.2, -0.15) is 0 Å². The van der Waals surface area contributed by atoms with Gasteiger partial charge in [-0.05, 0) is 37.5 Å². The lowest BCUT2D eigenvalue weighted by atomic mass is 9.66. The second kappa shape index (κ2) is 11.0. The Morgan fingerprint density at radius 1 is 1.08 bits per heavy atom. The molecule has 6 nitrogen and oxygen atoms in total. The van der Waals surface area contributed by atoms with Crippen LogP contribution in [-0.2, 0) is 19.0 Å². The van der Waals surface area contributed by atoms with Gasteiger partial charge in [0.1, 0.15) is 0 Å². The van der Waals surface area contributed by atoms with Crippen molar-refractivity contribution < 1.29 is 29.2 Å². The number of aliphatic hydroxyl groups is 1. The number of aliphatic hydroxyl groups excluding tert-OH is 1. The normalized spacial score (nSPS) is 25.8. The molecule has 1 rings (SSSR count). The summed E-state index contributed by atoms with van der Waals surface area (Å²) in [5.74, 6) is 0.460. The van der Waals surface area contributed by atoms with Crippen LogP contribution in [0.4, 0.5) is 0 Å². The predicted octanol–water partition coefficient (Wildman–Crippen LogP) is 2.33. The molecule has 1 atom stereocenters. The summed E-state index contributed by atoms with van der Waals surface area (Å²) in [4.78, 5) is 11.6. The number of hydrogen-bond donors (Lipinski definition) is 2. The Kier molecular flexibility index (Phi) is 9.81. The average Bonchev–Trinajstić information content (AvgIpc) is 2.53. The molecule has 0 amide bonds. The third-order valence-corrected chi connectivity index (χ3v) is 5.09. The van der Waals surface area contributed by atoms with E-state index in [2.05, 4.69) is 13.8 Å². The van der Waals surface area contributed by atoms with Gasteiger partial charge >= 0.3 is 5.97 Å². The van der Waals surface area contributed by atoms with E-state index in [1.165, 1.54) is 0 Å². The fourth-order valence-electron chi connectivity index (χ4n) is 3.41. The first-order valence-corrected chi connectivity index (χ1v) is 9.01. The van der Waals surface area contributed by atoms with Gasteiger partial charge in [0.25, 0.3) is 0 Å². The van der Waals surface area contributed by atoms with E-state index in [4.69, 9.17) is 19.3 Å². The second-order valence-corrected chi connectivity index (χ2v) is 7.27. The zero-order valence-corrected chi connectivity index (χ0v) is 15.3. The molecule has 0 saturated heterocycles. The summed E-state index contributed by atoms with van der Waals surface area (Å²) in [6.07, 6.45) is 3.14. The largest absolute Gasteiger partial charge is 0.479 e. The molecule has 2 N–H and O–H groups in total. The second-order valence-electron chi connectivity index (χ2n) is 7.27. The molecular formula is C18H34O6. The van der Waals surface area contributed by atoms with E-state index in [1.807, 2.05) is 6.92 Å². The van der Waals surface area contributed by atoms with Crippen molar-refractivity contribution in [2.45, 2.75) is 52.6 Å². The minimum absolute atomic E-state index is 0.000346. The fraction of sp³-hybridized carbons (Fsp3) is 0.944. The van der Waals surface area contributed by atoms with Crippen LogP contribution < -0.4 is 0 Å². The molecule has 1 aliphatic rings. The van der Waals surface area contributed by atoms with Crippen LogP contribution in [0.15, 0.2) is 0 Å². The maximum atomic E-state index is 11.6. The van der Waals surface area contributed by atoms with Gasteiger partial charge in [0.15, 0.2) is 6.10 Å². The molecule has 1 aliphatic carbocycles. The average molecular weight is 346 g/mol. The predicted molar refractivity (Wildman–Crippen MR) is 91.0 cm³/mol. The molecule has 0 radical (unpaired) electrons. The van der Waals surface area contributed by atoms with Crippen molar-refractivity contribution >= 4 is 5.97 Å². The molecule has 142 valence electrons. The molecule has 0 aliphatic heterocycles. The lowest BCUT2D eigenvalue weighted by Crippen LogP contribution is -2.44. The summed E-state index contributed by atoms with van der Waals surface area (Å²) in [5.41, 5.74) is -0.304. The van der Waals surface area contributed by atoms with Crippen LogP contribution in [0.1, 0.15) is 46.5 Å². The zero-order chi connectivity index (χ0) is 18.0. The Balaban J connectivity index is 2.32. The molecule has 1 saturated carbocycles. The molecular weight excluding hydrogens is 312 g/mol. The Morgan fingerprint density at radius 2 is 1.62 bits per heavy atom. The highest BCUT2D eigenvalue weighted by Crippen LogP contribution is 2.44. The van der Waals surface area contributed by atoms with E-state index < -0.39 is 12.1 Å². The molecule has 0 heterocycles. The Morgan fingerprint density at radius 3 is 2.12 bits per heavy atom. The maximum Gasteiger partial charge on any atom is 0.333 e. The van der Waals surface area contributed by atoms with E-state index in [1.54, 1.807) is 0 Å². The van der Waals surface area contributed by atoms with Gasteiger partial charge < -0.3 is 24.4 Å². The van der Waals surface area contributed by atoms with Crippen molar-refractivity contribution in [1.29, 1.82) is 0 Å². The van der Waals surface area contributed by atoms with Crippen LogP contribution >= 0.6 is 0 Å². The first-order valence-electron chi connectivity index (χ1n) is 9.01. The van der Waals surface area contributed by atoms with Crippen molar-refractivity contribution in [3.63, 3.8) is 0 Å². The summed E-state index contributed by atoms with van der Waals surface area (Å²) >= 11 is 0. The third kappa shape index (κ3) is 7.05. The molecule has 0 aromatic carbocycles. The van der Waals surface area contributed by atoms with Crippen molar-refractivity contribution in [3.05, 3.63) is 0 Å². The number of carboxylic acids is 1. The summed E-state index contributed by atoms with van der Waals surface area (Å²) in [6, 6.07) is 0. The first-order chi connectivity index (χ1) is 11.4. The van der Waals surface area contributed by atoms with Crippen molar-refractivity contribution in [3.8, 4) is 0 Å². The lowest BCUT2D eigenvalue weighted by Gasteiger charge is -2.42. The zero-order valence-electron chi connectivity index (χ0n) is 15.3. The molecule has 24 heavy (non-hydrogen) atoms. The fourth-order valence-corrected chi connectivity index (χ4v) is 3.41. The third-order valence-electron chi connectivity index (χ3n) is 5.09. The Bertz CT molecular complexity index is 349. The van der Waals surface area contributed by atoms with E-state index in [0.29, 0.717) is 38.3 Å². The Hall–Kier alpha value is -0.690. The van der Waals surface area contributed by atoms with Crippen LogP contribution in [0.25, 0.3) is 0 Å². The summed E-state index contributed by atoms with van der Waals surface area (Å²) in [6.45, 7) is 8.24. The lowest BCUT2D eigenvalue weighted by molar-refractivity contribution is -0.164. The van der Waals surface area contributed by atoms with Crippen LogP contribution in [0.2, 0.25) is 0 Å². The highest BCUT2D eigenvalue weighted by atomic mass is 16.6. The quantitative estimate of drug-likeness (QED) is 0.528. The number of aliphatic carboxylic acids is 1. The first kappa shape index (κ1) is 21.4. The highest BCUT2D eigenvalue weighted by molar-refractivity contribution is 5.73. The van der Waals surface area contributed by atoms with Crippen molar-refractivity contribution in [2.24, 2.45) is 17.3 Å². The number of rotatable bonds is 12. The SMILES string of the molecule is CC(C)C1CCC(C)(C(OCCOCCOCCO)C(=O)O)CC1. The van der Waals surface area contributed by atoms with Crippen molar-refractivity contribution in [1.82, 2.24) is 0 Å². The molecule has 1 fully saturated rings. The minimum atomic E-state index is -0.883. The van der Waals surface area contributed by atoms with E-state index >= 15 is 0 Å². The van der Waals surface area contributed by atoms with Gasteiger partial charge in [-0.3, -0.25) is 0 Å². The molecule has 6 heteroatoms. The topological polar surface area (TPSA) is 85.2 Å². The highest BCUT2D eigenvalue weighted by Gasteiger charge is 2.43. The molecule has 0 aromatic rings. The number of hydrogen-bond acceptors (Lipinski definition) is 5. The summed E-state index contributed by atoms with van der Waals surface area (Å²) in [5, 5.41) is 18.1. The van der Waals surface area contributed by atoms with Crippen LogP contribution in [-0.4, -0.2) is 61.9 Å². The van der Waals surface area contributed by atoms with E-state index in [-0.39, 0.29) is 18.6 Å².